The van der Waals surface area contributed by atoms with Gasteiger partial charge in [-0.2, -0.15) is 0 Å². The van der Waals surface area contributed by atoms with Crippen LogP contribution in [-0.2, 0) is 14.3 Å². The Bertz CT molecular complexity index is 261. The SMILES string of the molecule is C=C(C(=O)OC(C)(C)C)C(=O)N(C)C. The van der Waals surface area contributed by atoms with Gasteiger partial charge in [-0.1, -0.05) is 6.58 Å². The molecule has 0 aliphatic carbocycles. The molecule has 0 aliphatic heterocycles. The van der Waals surface area contributed by atoms with E-state index in [4.69, 9.17) is 4.74 Å². The Morgan fingerprint density at radius 2 is 1.64 bits per heavy atom. The van der Waals surface area contributed by atoms with Gasteiger partial charge in [-0.25, -0.2) is 4.79 Å². The summed E-state index contributed by atoms with van der Waals surface area (Å²) in [4.78, 5) is 23.9. The number of esters is 1. The third kappa shape index (κ3) is 4.07. The molecule has 0 N–H and O–H groups in total. The van der Waals surface area contributed by atoms with Gasteiger partial charge >= 0.3 is 5.97 Å². The van der Waals surface area contributed by atoms with Crippen LogP contribution in [0.1, 0.15) is 20.8 Å². The number of ether oxygens (including phenoxy) is 1. The molecule has 0 aliphatic rings. The summed E-state index contributed by atoms with van der Waals surface area (Å²) in [7, 11) is 3.11. The standard InChI is InChI=1S/C10H17NO3/c1-7(8(12)11(5)6)9(13)14-10(2,3)4/h1H2,2-6H3. The molecule has 4 heteroatoms. The maximum atomic E-state index is 11.3. The van der Waals surface area contributed by atoms with Gasteiger partial charge < -0.3 is 9.64 Å². The van der Waals surface area contributed by atoms with Crippen LogP contribution in [0.2, 0.25) is 0 Å². The van der Waals surface area contributed by atoms with Gasteiger partial charge in [-0.15, -0.1) is 0 Å². The number of carbonyl (C=O) groups is 2. The lowest BCUT2D eigenvalue weighted by molar-refractivity contribution is -0.151. The normalized spacial score (nSPS) is 10.6. The monoisotopic (exact) mass is 199 g/mol. The summed E-state index contributed by atoms with van der Waals surface area (Å²) in [5.74, 6) is -1.10. The van der Waals surface area contributed by atoms with E-state index >= 15 is 0 Å². The molecule has 0 fully saturated rings. The molecule has 0 heterocycles. The Morgan fingerprint density at radius 1 is 1.21 bits per heavy atom. The van der Waals surface area contributed by atoms with Crippen LogP contribution >= 0.6 is 0 Å². The van der Waals surface area contributed by atoms with E-state index in [0.29, 0.717) is 0 Å². The molecule has 1 amide bonds. The molecule has 0 atom stereocenters. The third-order valence-corrected chi connectivity index (χ3v) is 1.31. The van der Waals surface area contributed by atoms with Crippen molar-refractivity contribution in [2.75, 3.05) is 14.1 Å². The van der Waals surface area contributed by atoms with E-state index < -0.39 is 17.5 Å². The van der Waals surface area contributed by atoms with E-state index in [1.807, 2.05) is 0 Å². The maximum Gasteiger partial charge on any atom is 0.343 e. The Morgan fingerprint density at radius 3 is 1.93 bits per heavy atom. The van der Waals surface area contributed by atoms with Gasteiger partial charge in [-0.05, 0) is 20.8 Å². The van der Waals surface area contributed by atoms with Gasteiger partial charge in [0.1, 0.15) is 11.2 Å². The predicted molar refractivity (Wildman–Crippen MR) is 53.7 cm³/mol. The predicted octanol–water partition coefficient (Wildman–Crippen LogP) is 0.972. The Balaban J connectivity index is 4.43. The molecule has 14 heavy (non-hydrogen) atoms. The molecule has 0 saturated heterocycles. The summed E-state index contributed by atoms with van der Waals surface area (Å²) in [6.07, 6.45) is 0. The molecule has 80 valence electrons. The Kier molecular flexibility index (Phi) is 3.86. The highest BCUT2D eigenvalue weighted by Gasteiger charge is 2.23. The average Bonchev–Trinajstić information content (AvgIpc) is 1.98. The van der Waals surface area contributed by atoms with Crippen molar-refractivity contribution in [2.45, 2.75) is 26.4 Å². The summed E-state index contributed by atoms with van der Waals surface area (Å²) in [5, 5.41) is 0. The molecular formula is C10H17NO3. The molecular weight excluding hydrogens is 182 g/mol. The zero-order valence-electron chi connectivity index (χ0n) is 9.38. The fourth-order valence-electron chi connectivity index (χ4n) is 0.697. The van der Waals surface area contributed by atoms with E-state index in [1.54, 1.807) is 34.9 Å². The van der Waals surface area contributed by atoms with Crippen molar-refractivity contribution in [3.63, 3.8) is 0 Å². The summed E-state index contributed by atoms with van der Waals surface area (Å²) < 4.78 is 4.98. The van der Waals surface area contributed by atoms with Crippen molar-refractivity contribution in [2.24, 2.45) is 0 Å². The minimum atomic E-state index is -0.670. The molecule has 0 aromatic rings. The highest BCUT2D eigenvalue weighted by Crippen LogP contribution is 2.10. The largest absolute Gasteiger partial charge is 0.456 e. The highest BCUT2D eigenvalue weighted by atomic mass is 16.6. The lowest BCUT2D eigenvalue weighted by Crippen LogP contribution is -2.31. The fraction of sp³-hybridized carbons (Fsp3) is 0.600. The van der Waals surface area contributed by atoms with Crippen LogP contribution < -0.4 is 0 Å². The summed E-state index contributed by atoms with van der Waals surface area (Å²) in [6, 6.07) is 0. The van der Waals surface area contributed by atoms with Crippen molar-refractivity contribution >= 4 is 11.9 Å². The first-order chi connectivity index (χ1) is 6.15. The van der Waals surface area contributed by atoms with E-state index in [-0.39, 0.29) is 5.57 Å². The molecule has 0 saturated carbocycles. The van der Waals surface area contributed by atoms with Crippen LogP contribution in [0.25, 0.3) is 0 Å². The molecule has 0 aromatic carbocycles. The number of carbonyl (C=O) groups excluding carboxylic acids is 2. The minimum absolute atomic E-state index is 0.148. The Labute approximate surface area is 84.5 Å². The molecule has 0 rings (SSSR count). The van der Waals surface area contributed by atoms with Crippen molar-refractivity contribution in [3.05, 3.63) is 12.2 Å². The zero-order valence-corrected chi connectivity index (χ0v) is 9.38. The second-order valence-electron chi connectivity index (χ2n) is 4.18. The Hall–Kier alpha value is -1.32. The van der Waals surface area contributed by atoms with Gasteiger partial charge in [0.2, 0.25) is 0 Å². The van der Waals surface area contributed by atoms with Crippen LogP contribution in [0.5, 0.6) is 0 Å². The van der Waals surface area contributed by atoms with Gasteiger partial charge in [0.15, 0.2) is 0 Å². The van der Waals surface area contributed by atoms with Crippen LogP contribution in [0.4, 0.5) is 0 Å². The zero-order chi connectivity index (χ0) is 11.5. The summed E-state index contributed by atoms with van der Waals surface area (Å²) in [6.45, 7) is 8.60. The number of likely N-dealkylation sites (N-methyl/N-ethyl adjacent to an activating group) is 1. The van der Waals surface area contributed by atoms with Gasteiger partial charge in [0.05, 0.1) is 0 Å². The second kappa shape index (κ2) is 4.26. The lowest BCUT2D eigenvalue weighted by atomic mass is 10.2. The van der Waals surface area contributed by atoms with E-state index in [9.17, 15) is 9.59 Å². The average molecular weight is 199 g/mol. The molecule has 0 bridgehead atoms. The minimum Gasteiger partial charge on any atom is -0.456 e. The molecule has 4 nitrogen and oxygen atoms in total. The van der Waals surface area contributed by atoms with Gasteiger partial charge in [0, 0.05) is 14.1 Å². The topological polar surface area (TPSA) is 46.6 Å². The van der Waals surface area contributed by atoms with Crippen molar-refractivity contribution in [1.82, 2.24) is 4.90 Å². The molecule has 0 unspecified atom stereocenters. The first-order valence-corrected chi connectivity index (χ1v) is 4.29. The van der Waals surface area contributed by atoms with Crippen LogP contribution in [0.15, 0.2) is 12.2 Å². The first kappa shape index (κ1) is 12.7. The van der Waals surface area contributed by atoms with Crippen molar-refractivity contribution < 1.29 is 14.3 Å². The van der Waals surface area contributed by atoms with E-state index in [0.717, 1.165) is 0 Å². The quantitative estimate of drug-likeness (QED) is 0.288. The fourth-order valence-corrected chi connectivity index (χ4v) is 0.697. The first-order valence-electron chi connectivity index (χ1n) is 4.29. The smallest absolute Gasteiger partial charge is 0.343 e. The molecule has 0 aromatic heterocycles. The van der Waals surface area contributed by atoms with Crippen molar-refractivity contribution in [3.8, 4) is 0 Å². The number of nitrogens with zero attached hydrogens (tertiary/aromatic N) is 1. The number of amides is 1. The lowest BCUT2D eigenvalue weighted by Gasteiger charge is -2.20. The number of hydrogen-bond donors (Lipinski definition) is 0. The summed E-state index contributed by atoms with van der Waals surface area (Å²) >= 11 is 0. The van der Waals surface area contributed by atoms with Gasteiger partial charge in [0.25, 0.3) is 5.91 Å². The number of rotatable bonds is 2. The van der Waals surface area contributed by atoms with Crippen molar-refractivity contribution in [1.29, 1.82) is 0 Å². The van der Waals surface area contributed by atoms with Crippen LogP contribution in [-0.4, -0.2) is 36.5 Å². The molecule has 0 radical (unpaired) electrons. The van der Waals surface area contributed by atoms with Crippen LogP contribution in [0, 0.1) is 0 Å². The third-order valence-electron chi connectivity index (χ3n) is 1.31. The van der Waals surface area contributed by atoms with Crippen LogP contribution in [0.3, 0.4) is 0 Å². The second-order valence-corrected chi connectivity index (χ2v) is 4.18. The summed E-state index contributed by atoms with van der Waals surface area (Å²) in [5.41, 5.74) is -0.753. The van der Waals surface area contributed by atoms with E-state index in [2.05, 4.69) is 6.58 Å². The highest BCUT2D eigenvalue weighted by molar-refractivity contribution is 6.15. The number of hydrogen-bond acceptors (Lipinski definition) is 3. The molecule has 0 spiro atoms. The van der Waals surface area contributed by atoms with E-state index in [1.165, 1.54) is 4.90 Å². The van der Waals surface area contributed by atoms with Gasteiger partial charge in [-0.3, -0.25) is 4.79 Å². The maximum absolute atomic E-state index is 11.3.